The minimum atomic E-state index is -0.757. The van der Waals surface area contributed by atoms with Gasteiger partial charge in [0, 0.05) is 24.0 Å². The normalized spacial score (nSPS) is 11.8. The van der Waals surface area contributed by atoms with Crippen molar-refractivity contribution in [2.24, 2.45) is 0 Å². The fraction of sp³-hybridized carbons (Fsp3) is 0.226. The Hall–Kier alpha value is -3.35. The van der Waals surface area contributed by atoms with Crippen LogP contribution in [0.1, 0.15) is 25.0 Å². The van der Waals surface area contributed by atoms with Crippen molar-refractivity contribution in [2.45, 2.75) is 38.9 Å². The standard InChI is InChI=1S/C31H30BrClN2O3/c1-21(2)34-31(37)27(18-22-10-4-3-5-11-22)35(19-24-13-7-9-15-26(24)33)29(36)20-38-28-17-16-23-12-6-8-14-25(23)30(28)32/h3-17,21,27H,18-20H2,1-2H3,(H,34,37)/t27-/m1/s1. The summed E-state index contributed by atoms with van der Waals surface area (Å²) in [6, 6.07) is 27.9. The van der Waals surface area contributed by atoms with E-state index in [1.54, 1.807) is 11.0 Å². The van der Waals surface area contributed by atoms with Crippen LogP contribution in [0.2, 0.25) is 5.02 Å². The number of fused-ring (bicyclic) bond motifs is 1. The monoisotopic (exact) mass is 592 g/mol. The van der Waals surface area contributed by atoms with Crippen molar-refractivity contribution in [1.29, 1.82) is 0 Å². The molecule has 196 valence electrons. The van der Waals surface area contributed by atoms with E-state index in [0.29, 0.717) is 17.2 Å². The van der Waals surface area contributed by atoms with Crippen molar-refractivity contribution in [3.8, 4) is 5.75 Å². The van der Waals surface area contributed by atoms with Gasteiger partial charge in [-0.05, 0) is 63.8 Å². The zero-order valence-electron chi connectivity index (χ0n) is 21.4. The third-order valence-corrected chi connectivity index (χ3v) is 7.37. The number of nitrogens with one attached hydrogen (secondary N) is 1. The van der Waals surface area contributed by atoms with Gasteiger partial charge in [-0.15, -0.1) is 0 Å². The summed E-state index contributed by atoms with van der Waals surface area (Å²) in [6.07, 6.45) is 0.356. The zero-order chi connectivity index (χ0) is 27.1. The number of halogens is 2. The predicted molar refractivity (Wildman–Crippen MR) is 156 cm³/mol. The number of carbonyl (C=O) groups excluding carboxylic acids is 2. The van der Waals surface area contributed by atoms with Gasteiger partial charge in [-0.3, -0.25) is 9.59 Å². The predicted octanol–water partition coefficient (Wildman–Crippen LogP) is 6.80. The van der Waals surface area contributed by atoms with Gasteiger partial charge in [0.15, 0.2) is 6.61 Å². The van der Waals surface area contributed by atoms with E-state index in [0.717, 1.165) is 26.4 Å². The second kappa shape index (κ2) is 12.9. The lowest BCUT2D eigenvalue weighted by Gasteiger charge is -2.32. The van der Waals surface area contributed by atoms with E-state index in [2.05, 4.69) is 21.2 Å². The molecule has 0 saturated heterocycles. The fourth-order valence-electron chi connectivity index (χ4n) is 4.29. The molecule has 0 spiro atoms. The largest absolute Gasteiger partial charge is 0.483 e. The number of rotatable bonds is 10. The summed E-state index contributed by atoms with van der Waals surface area (Å²) in [5.41, 5.74) is 1.70. The number of hydrogen-bond donors (Lipinski definition) is 1. The van der Waals surface area contributed by atoms with Crippen LogP contribution in [0.15, 0.2) is 95.5 Å². The van der Waals surface area contributed by atoms with E-state index in [4.69, 9.17) is 16.3 Å². The van der Waals surface area contributed by atoms with Gasteiger partial charge >= 0.3 is 0 Å². The molecule has 5 nitrogen and oxygen atoms in total. The lowest BCUT2D eigenvalue weighted by atomic mass is 10.0. The van der Waals surface area contributed by atoms with Crippen molar-refractivity contribution in [2.75, 3.05) is 6.61 Å². The highest BCUT2D eigenvalue weighted by molar-refractivity contribution is 9.10. The minimum Gasteiger partial charge on any atom is -0.483 e. The smallest absolute Gasteiger partial charge is 0.261 e. The van der Waals surface area contributed by atoms with Crippen LogP contribution in [0.4, 0.5) is 0 Å². The average molecular weight is 594 g/mol. The van der Waals surface area contributed by atoms with E-state index in [9.17, 15) is 9.59 Å². The second-order valence-corrected chi connectivity index (χ2v) is 10.6. The van der Waals surface area contributed by atoms with Crippen LogP contribution in [-0.2, 0) is 22.6 Å². The first-order chi connectivity index (χ1) is 18.3. The maximum atomic E-state index is 13.8. The summed E-state index contributed by atoms with van der Waals surface area (Å²) in [7, 11) is 0. The van der Waals surface area contributed by atoms with E-state index in [-0.39, 0.29) is 31.0 Å². The van der Waals surface area contributed by atoms with E-state index >= 15 is 0 Å². The molecule has 1 atom stereocenters. The van der Waals surface area contributed by atoms with E-state index in [1.165, 1.54) is 0 Å². The maximum absolute atomic E-state index is 13.8. The van der Waals surface area contributed by atoms with Gasteiger partial charge < -0.3 is 15.0 Å². The van der Waals surface area contributed by atoms with Crippen molar-refractivity contribution >= 4 is 50.1 Å². The number of ether oxygens (including phenoxy) is 1. The molecule has 38 heavy (non-hydrogen) atoms. The highest BCUT2D eigenvalue weighted by Crippen LogP contribution is 2.33. The molecule has 4 aromatic carbocycles. The maximum Gasteiger partial charge on any atom is 0.261 e. The Morgan fingerprint density at radius 2 is 1.61 bits per heavy atom. The van der Waals surface area contributed by atoms with Crippen molar-refractivity contribution < 1.29 is 14.3 Å². The second-order valence-electron chi connectivity index (χ2n) is 9.37. The molecule has 0 fully saturated rings. The molecule has 4 aromatic rings. The number of hydrogen-bond acceptors (Lipinski definition) is 3. The van der Waals surface area contributed by atoms with Gasteiger partial charge in [-0.1, -0.05) is 90.5 Å². The molecule has 7 heteroatoms. The van der Waals surface area contributed by atoms with Gasteiger partial charge in [0.2, 0.25) is 5.91 Å². The molecule has 0 unspecified atom stereocenters. The van der Waals surface area contributed by atoms with Crippen LogP contribution in [0.25, 0.3) is 10.8 Å². The van der Waals surface area contributed by atoms with Crippen LogP contribution in [0.5, 0.6) is 5.75 Å². The van der Waals surface area contributed by atoms with Gasteiger partial charge in [0.1, 0.15) is 11.8 Å². The summed E-state index contributed by atoms with van der Waals surface area (Å²) < 4.78 is 6.79. The first-order valence-corrected chi connectivity index (χ1v) is 13.7. The molecular formula is C31H30BrClN2O3. The average Bonchev–Trinajstić information content (AvgIpc) is 2.91. The first kappa shape index (κ1) is 27.7. The fourth-order valence-corrected chi connectivity index (χ4v) is 5.10. The Kier molecular flexibility index (Phi) is 9.43. The molecule has 0 saturated carbocycles. The summed E-state index contributed by atoms with van der Waals surface area (Å²) in [6.45, 7) is 3.74. The topological polar surface area (TPSA) is 58.6 Å². The molecule has 0 aliphatic heterocycles. The molecule has 2 amide bonds. The molecule has 0 heterocycles. The summed E-state index contributed by atoms with van der Waals surface area (Å²) in [5.74, 6) is 0.0157. The van der Waals surface area contributed by atoms with Gasteiger partial charge in [0.05, 0.1) is 4.47 Å². The number of amides is 2. The summed E-state index contributed by atoms with van der Waals surface area (Å²) in [4.78, 5) is 28.8. The van der Waals surface area contributed by atoms with Crippen LogP contribution < -0.4 is 10.1 Å². The SMILES string of the molecule is CC(C)NC(=O)[C@@H](Cc1ccccc1)N(Cc1ccccc1Cl)C(=O)COc1ccc2ccccc2c1Br. The first-order valence-electron chi connectivity index (χ1n) is 12.5. The Morgan fingerprint density at radius 3 is 2.34 bits per heavy atom. The number of nitrogens with zero attached hydrogens (tertiary/aromatic N) is 1. The molecular weight excluding hydrogens is 564 g/mol. The Morgan fingerprint density at radius 1 is 0.921 bits per heavy atom. The Labute approximate surface area is 236 Å². The quantitative estimate of drug-likeness (QED) is 0.220. The van der Waals surface area contributed by atoms with Crippen LogP contribution in [0, 0.1) is 0 Å². The van der Waals surface area contributed by atoms with Crippen molar-refractivity contribution in [3.63, 3.8) is 0 Å². The third kappa shape index (κ3) is 6.94. The molecule has 0 bridgehead atoms. The third-order valence-electron chi connectivity index (χ3n) is 6.18. The lowest BCUT2D eigenvalue weighted by molar-refractivity contribution is -0.143. The molecule has 0 radical (unpaired) electrons. The van der Waals surface area contributed by atoms with Gasteiger partial charge in [0.25, 0.3) is 5.91 Å². The van der Waals surface area contributed by atoms with Crippen LogP contribution in [0.3, 0.4) is 0 Å². The van der Waals surface area contributed by atoms with E-state index < -0.39 is 6.04 Å². The molecule has 1 N–H and O–H groups in total. The Balaban J connectivity index is 1.65. The van der Waals surface area contributed by atoms with Crippen molar-refractivity contribution in [3.05, 3.63) is 112 Å². The summed E-state index contributed by atoms with van der Waals surface area (Å²) in [5, 5.41) is 5.57. The lowest BCUT2D eigenvalue weighted by Crippen LogP contribution is -2.52. The molecule has 0 aliphatic rings. The van der Waals surface area contributed by atoms with Gasteiger partial charge in [-0.25, -0.2) is 0 Å². The minimum absolute atomic E-state index is 0.0807. The summed E-state index contributed by atoms with van der Waals surface area (Å²) >= 11 is 10.1. The molecule has 0 aromatic heterocycles. The zero-order valence-corrected chi connectivity index (χ0v) is 23.7. The van der Waals surface area contributed by atoms with Gasteiger partial charge in [-0.2, -0.15) is 0 Å². The highest BCUT2D eigenvalue weighted by Gasteiger charge is 2.31. The number of benzene rings is 4. The van der Waals surface area contributed by atoms with Crippen molar-refractivity contribution in [1.82, 2.24) is 10.2 Å². The highest BCUT2D eigenvalue weighted by atomic mass is 79.9. The van der Waals surface area contributed by atoms with E-state index in [1.807, 2.05) is 98.8 Å². The van der Waals surface area contributed by atoms with Crippen LogP contribution >= 0.6 is 27.5 Å². The molecule has 0 aliphatic carbocycles. The Bertz CT molecular complexity index is 1410. The molecule has 4 rings (SSSR count). The number of carbonyl (C=O) groups is 2. The van der Waals surface area contributed by atoms with Crippen LogP contribution in [-0.4, -0.2) is 35.4 Å².